The Morgan fingerprint density at radius 2 is 1.96 bits per heavy atom. The third-order valence-electron chi connectivity index (χ3n) is 3.57. The Kier molecular flexibility index (Phi) is 6.72. The van der Waals surface area contributed by atoms with E-state index in [2.05, 4.69) is 32.0 Å². The second-order valence-electron chi connectivity index (χ2n) is 5.11. The van der Waals surface area contributed by atoms with Crippen LogP contribution in [0.3, 0.4) is 0 Å². The lowest BCUT2D eigenvalue weighted by atomic mass is 10.1. The predicted octanol–water partition coefficient (Wildman–Crippen LogP) is 5.40. The molecule has 1 heterocycles. The van der Waals surface area contributed by atoms with Gasteiger partial charge in [-0.05, 0) is 45.6 Å². The smallest absolute Gasteiger partial charge is 0.278 e. The molecular weight excluding hydrogens is 489 g/mol. The fourth-order valence-corrected chi connectivity index (χ4v) is 4.14. The van der Waals surface area contributed by atoms with Crippen molar-refractivity contribution < 1.29 is 18.4 Å². The van der Waals surface area contributed by atoms with Gasteiger partial charge < -0.3 is 14.0 Å². The third-order valence-corrected chi connectivity index (χ3v) is 5.56. The summed E-state index contributed by atoms with van der Waals surface area (Å²) in [5, 5.41) is 1.38. The van der Waals surface area contributed by atoms with Crippen LogP contribution in [0.1, 0.15) is 5.69 Å². The average Bonchev–Trinajstić information content (AvgIpc) is 2.68. The van der Waals surface area contributed by atoms with E-state index in [9.17, 15) is 4.39 Å². The molecule has 0 N–H and O–H groups in total. The molecule has 0 aliphatic rings. The van der Waals surface area contributed by atoms with Gasteiger partial charge in [0.1, 0.15) is 6.45 Å². The molecule has 1 unspecified atom stereocenters. The number of benzene rings is 2. The fourth-order valence-electron chi connectivity index (χ4n) is 2.36. The summed E-state index contributed by atoms with van der Waals surface area (Å²) in [6.07, 6.45) is 1.66. The summed E-state index contributed by atoms with van der Waals surface area (Å²) in [5.74, 6) is 1.28. The lowest BCUT2D eigenvalue weighted by molar-refractivity contribution is 0.330. The number of hydrogen-bond acceptors (Lipinski definition) is 6. The van der Waals surface area contributed by atoms with Crippen molar-refractivity contribution in [3.8, 4) is 17.5 Å². The quantitative estimate of drug-likeness (QED) is 0.244. The molecule has 2 aromatic carbocycles. The lowest BCUT2D eigenvalue weighted by Gasteiger charge is -2.09. The molecule has 1 aromatic heterocycles. The highest BCUT2D eigenvalue weighted by Crippen LogP contribution is 2.35. The van der Waals surface area contributed by atoms with E-state index in [1.54, 1.807) is 30.1 Å². The first-order chi connectivity index (χ1) is 12.7. The number of aromatic nitrogens is 2. The van der Waals surface area contributed by atoms with Crippen LogP contribution in [0.2, 0.25) is 0 Å². The molecule has 0 amide bonds. The Labute approximate surface area is 169 Å². The molecule has 26 heavy (non-hydrogen) atoms. The predicted molar refractivity (Wildman–Crippen MR) is 112 cm³/mol. The van der Waals surface area contributed by atoms with Gasteiger partial charge >= 0.3 is 0 Å². The van der Waals surface area contributed by atoms with Gasteiger partial charge in [-0.2, -0.15) is 0 Å². The molecule has 0 saturated carbocycles. The minimum Gasteiger partial charge on any atom is -0.477 e. The molecule has 3 aromatic rings. The molecule has 0 saturated heterocycles. The van der Waals surface area contributed by atoms with Crippen LogP contribution in [-0.4, -0.2) is 24.2 Å². The fraction of sp³-hybridized carbons (Fsp3) is 0.176. The number of fused-ring (bicyclic) bond motifs is 1. The second-order valence-corrected chi connectivity index (χ2v) is 7.84. The molecular formula is C17H15FIN2O3PS. The number of rotatable bonds is 7. The number of thioether (sulfide) groups is 1. The summed E-state index contributed by atoms with van der Waals surface area (Å²) in [6.45, 7) is 0.176. The maximum absolute atomic E-state index is 14.4. The normalized spacial score (nSPS) is 11.2. The zero-order chi connectivity index (χ0) is 18.5. The van der Waals surface area contributed by atoms with Crippen molar-refractivity contribution >= 4 is 51.0 Å². The summed E-state index contributed by atoms with van der Waals surface area (Å²) in [4.78, 5) is 9.57. The minimum absolute atomic E-state index is 0.176. The molecule has 3 rings (SSSR count). The molecule has 0 aliphatic carbocycles. The van der Waals surface area contributed by atoms with Crippen molar-refractivity contribution in [2.24, 2.45) is 0 Å². The molecule has 0 spiro atoms. The molecule has 0 aliphatic heterocycles. The SMILES string of the molecule is COc1ncc(CSc2ccc3c(F)c(OPI)ccc3c2)nc1OC. The van der Waals surface area contributed by atoms with Gasteiger partial charge in [0, 0.05) is 16.0 Å². The molecule has 1 atom stereocenters. The van der Waals surface area contributed by atoms with Gasteiger partial charge in [-0.15, -0.1) is 11.8 Å². The maximum atomic E-state index is 14.4. The summed E-state index contributed by atoms with van der Waals surface area (Å²) < 4.78 is 30.0. The van der Waals surface area contributed by atoms with Crippen molar-refractivity contribution in [1.82, 2.24) is 9.97 Å². The van der Waals surface area contributed by atoms with Gasteiger partial charge in [0.2, 0.25) is 0 Å². The Balaban J connectivity index is 1.78. The number of nitrogens with zero attached hydrogens (tertiary/aromatic N) is 2. The van der Waals surface area contributed by atoms with E-state index in [1.165, 1.54) is 14.2 Å². The standard InChI is InChI=1S/C17H15FIN2O3PS/c1-22-16-17(23-2)21-11(8-20-16)9-26-12-4-5-13-10(7-12)3-6-14(15(13)18)24-25-19/h3-8,25H,9H2,1-2H3. The first-order valence-electron chi connectivity index (χ1n) is 7.47. The zero-order valence-electron chi connectivity index (χ0n) is 14.0. The van der Waals surface area contributed by atoms with E-state index < -0.39 is 0 Å². The van der Waals surface area contributed by atoms with Gasteiger partial charge in [0.25, 0.3) is 11.8 Å². The lowest BCUT2D eigenvalue weighted by Crippen LogP contribution is -1.99. The maximum Gasteiger partial charge on any atom is 0.278 e. The van der Waals surface area contributed by atoms with Crippen LogP contribution < -0.4 is 14.0 Å². The Morgan fingerprint density at radius 3 is 2.69 bits per heavy atom. The van der Waals surface area contributed by atoms with Crippen molar-refractivity contribution in [1.29, 1.82) is 0 Å². The molecule has 136 valence electrons. The van der Waals surface area contributed by atoms with Crippen LogP contribution in [0.25, 0.3) is 10.8 Å². The first-order valence-corrected chi connectivity index (χ1v) is 12.5. The summed E-state index contributed by atoms with van der Waals surface area (Å²) in [5.41, 5.74) is 0.769. The van der Waals surface area contributed by atoms with Gasteiger partial charge in [-0.1, -0.05) is 12.1 Å². The van der Waals surface area contributed by atoms with E-state index >= 15 is 0 Å². The van der Waals surface area contributed by atoms with Gasteiger partial charge in [-0.3, -0.25) is 0 Å². The number of hydrogen-bond donors (Lipinski definition) is 0. The summed E-state index contributed by atoms with van der Waals surface area (Å²) in [7, 11) is 3.05. The Morgan fingerprint density at radius 1 is 1.15 bits per heavy atom. The molecule has 0 bridgehead atoms. The minimum atomic E-state index is -0.325. The molecule has 0 radical (unpaired) electrons. The topological polar surface area (TPSA) is 53.5 Å². The van der Waals surface area contributed by atoms with Gasteiger partial charge in [0.05, 0.1) is 26.1 Å². The first kappa shape index (κ1) is 19.4. The second kappa shape index (κ2) is 9.01. The van der Waals surface area contributed by atoms with E-state index in [0.29, 0.717) is 22.9 Å². The van der Waals surface area contributed by atoms with Gasteiger partial charge in [0.15, 0.2) is 11.6 Å². The molecule has 5 nitrogen and oxygen atoms in total. The van der Waals surface area contributed by atoms with Crippen molar-refractivity contribution in [2.75, 3.05) is 14.2 Å². The Hall–Kier alpha value is -1.38. The highest BCUT2D eigenvalue weighted by atomic mass is 127. The number of ether oxygens (including phenoxy) is 2. The number of methoxy groups -OCH3 is 2. The summed E-state index contributed by atoms with van der Waals surface area (Å²) in [6, 6.07) is 9.15. The van der Waals surface area contributed by atoms with Crippen LogP contribution in [0.4, 0.5) is 4.39 Å². The zero-order valence-corrected chi connectivity index (χ0v) is 17.9. The van der Waals surface area contributed by atoms with Crippen LogP contribution in [-0.2, 0) is 5.75 Å². The van der Waals surface area contributed by atoms with Crippen LogP contribution in [0, 0.1) is 5.82 Å². The van der Waals surface area contributed by atoms with E-state index in [4.69, 9.17) is 14.0 Å². The van der Waals surface area contributed by atoms with Crippen molar-refractivity contribution in [2.45, 2.75) is 10.6 Å². The van der Waals surface area contributed by atoms with E-state index in [-0.39, 0.29) is 18.0 Å². The Bertz CT molecular complexity index is 932. The van der Waals surface area contributed by atoms with Crippen molar-refractivity contribution in [3.05, 3.63) is 48.0 Å². The monoisotopic (exact) mass is 504 g/mol. The van der Waals surface area contributed by atoms with Crippen LogP contribution in [0.5, 0.6) is 17.5 Å². The van der Waals surface area contributed by atoms with Crippen LogP contribution in [0.15, 0.2) is 41.4 Å². The largest absolute Gasteiger partial charge is 0.477 e. The van der Waals surface area contributed by atoms with Crippen molar-refractivity contribution in [3.63, 3.8) is 0 Å². The third kappa shape index (κ3) is 4.29. The summed E-state index contributed by atoms with van der Waals surface area (Å²) >= 11 is 3.66. The molecule has 9 heteroatoms. The van der Waals surface area contributed by atoms with Crippen LogP contribution >= 0.6 is 40.3 Å². The highest BCUT2D eigenvalue weighted by molar-refractivity contribution is 14.2. The number of halogens is 2. The van der Waals surface area contributed by atoms with E-state index in [0.717, 1.165) is 16.0 Å². The average molecular weight is 504 g/mol. The highest BCUT2D eigenvalue weighted by Gasteiger charge is 2.11. The van der Waals surface area contributed by atoms with E-state index in [1.807, 2.05) is 18.2 Å². The van der Waals surface area contributed by atoms with Gasteiger partial charge in [-0.25, -0.2) is 14.4 Å². The molecule has 0 fully saturated rings.